The average Bonchev–Trinajstić information content (AvgIpc) is 3.03. The number of para-hydroxylation sites is 2. The van der Waals surface area contributed by atoms with Gasteiger partial charge in [0.05, 0.1) is 31.0 Å². The SMILES string of the molecule is COc1ccc(NC(=O)CSc2nc3ccccc3[nH]2)cc1OC. The quantitative estimate of drug-likeness (QED) is 0.672. The molecular formula is C17H17N3O3S. The second-order valence-electron chi connectivity index (χ2n) is 4.97. The number of rotatable bonds is 6. The molecule has 0 aliphatic heterocycles. The summed E-state index contributed by atoms with van der Waals surface area (Å²) in [4.78, 5) is 19.7. The van der Waals surface area contributed by atoms with E-state index in [0.717, 1.165) is 16.2 Å². The lowest BCUT2D eigenvalue weighted by molar-refractivity contribution is -0.113. The van der Waals surface area contributed by atoms with Crippen molar-refractivity contribution in [3.05, 3.63) is 42.5 Å². The van der Waals surface area contributed by atoms with Gasteiger partial charge in [-0.2, -0.15) is 0 Å². The first kappa shape index (κ1) is 16.2. The number of ether oxygens (including phenoxy) is 2. The van der Waals surface area contributed by atoms with Gasteiger partial charge in [-0.25, -0.2) is 4.98 Å². The monoisotopic (exact) mass is 343 g/mol. The van der Waals surface area contributed by atoms with Gasteiger partial charge < -0.3 is 19.8 Å². The highest BCUT2D eigenvalue weighted by atomic mass is 32.2. The van der Waals surface area contributed by atoms with Crippen LogP contribution in [0.3, 0.4) is 0 Å². The van der Waals surface area contributed by atoms with Crippen molar-refractivity contribution in [2.24, 2.45) is 0 Å². The number of aromatic amines is 1. The van der Waals surface area contributed by atoms with Gasteiger partial charge in [-0.1, -0.05) is 23.9 Å². The second kappa shape index (κ2) is 7.27. The van der Waals surface area contributed by atoms with Crippen molar-refractivity contribution in [3.63, 3.8) is 0 Å². The molecule has 1 aromatic heterocycles. The number of thioether (sulfide) groups is 1. The van der Waals surface area contributed by atoms with Gasteiger partial charge in [-0.05, 0) is 24.3 Å². The van der Waals surface area contributed by atoms with Gasteiger partial charge in [0.1, 0.15) is 0 Å². The third kappa shape index (κ3) is 3.62. The van der Waals surface area contributed by atoms with Gasteiger partial charge in [0, 0.05) is 11.8 Å². The summed E-state index contributed by atoms with van der Waals surface area (Å²) >= 11 is 1.36. The molecule has 3 rings (SSSR count). The second-order valence-corrected chi connectivity index (χ2v) is 5.93. The van der Waals surface area contributed by atoms with Crippen molar-refractivity contribution in [2.45, 2.75) is 5.16 Å². The number of imidazole rings is 1. The summed E-state index contributed by atoms with van der Waals surface area (Å²) in [5.41, 5.74) is 2.50. The molecule has 0 atom stereocenters. The fourth-order valence-corrected chi connectivity index (χ4v) is 2.93. The molecule has 0 radical (unpaired) electrons. The van der Waals surface area contributed by atoms with E-state index in [1.165, 1.54) is 11.8 Å². The fraction of sp³-hybridized carbons (Fsp3) is 0.176. The van der Waals surface area contributed by atoms with Crippen LogP contribution in [0.25, 0.3) is 11.0 Å². The normalized spacial score (nSPS) is 10.6. The first-order valence-corrected chi connectivity index (χ1v) is 8.27. The van der Waals surface area contributed by atoms with Crippen LogP contribution in [0, 0.1) is 0 Å². The van der Waals surface area contributed by atoms with Gasteiger partial charge in [-0.15, -0.1) is 0 Å². The van der Waals surface area contributed by atoms with Crippen molar-refractivity contribution in [1.29, 1.82) is 0 Å². The average molecular weight is 343 g/mol. The summed E-state index contributed by atoms with van der Waals surface area (Å²) in [6, 6.07) is 13.0. The number of hydrogen-bond acceptors (Lipinski definition) is 5. The summed E-state index contributed by atoms with van der Waals surface area (Å²) in [6.07, 6.45) is 0. The summed E-state index contributed by atoms with van der Waals surface area (Å²) in [5.74, 6) is 1.33. The molecule has 0 aliphatic rings. The maximum atomic E-state index is 12.1. The topological polar surface area (TPSA) is 76.2 Å². The third-order valence-electron chi connectivity index (χ3n) is 3.37. The Morgan fingerprint density at radius 3 is 2.71 bits per heavy atom. The molecule has 24 heavy (non-hydrogen) atoms. The lowest BCUT2D eigenvalue weighted by atomic mass is 10.2. The number of carbonyl (C=O) groups is 1. The first-order chi connectivity index (χ1) is 11.7. The van der Waals surface area contributed by atoms with Crippen molar-refractivity contribution in [3.8, 4) is 11.5 Å². The molecule has 2 aromatic carbocycles. The molecule has 0 saturated heterocycles. The van der Waals surface area contributed by atoms with E-state index in [1.807, 2.05) is 24.3 Å². The standard InChI is InChI=1S/C17H17N3O3S/c1-22-14-8-7-11(9-15(14)23-2)18-16(21)10-24-17-19-12-5-3-4-6-13(12)20-17/h3-9H,10H2,1-2H3,(H,18,21)(H,19,20). The van der Waals surface area contributed by atoms with E-state index in [-0.39, 0.29) is 11.7 Å². The first-order valence-electron chi connectivity index (χ1n) is 7.29. The highest BCUT2D eigenvalue weighted by Crippen LogP contribution is 2.29. The largest absolute Gasteiger partial charge is 0.493 e. The zero-order chi connectivity index (χ0) is 16.9. The summed E-state index contributed by atoms with van der Waals surface area (Å²) in [6.45, 7) is 0. The molecule has 1 amide bonds. The Morgan fingerprint density at radius 1 is 1.17 bits per heavy atom. The molecule has 7 heteroatoms. The molecule has 0 saturated carbocycles. The number of methoxy groups -OCH3 is 2. The fourth-order valence-electron chi connectivity index (χ4n) is 2.24. The van der Waals surface area contributed by atoms with E-state index in [4.69, 9.17) is 9.47 Å². The van der Waals surface area contributed by atoms with Crippen molar-refractivity contribution in [1.82, 2.24) is 9.97 Å². The van der Waals surface area contributed by atoms with E-state index >= 15 is 0 Å². The highest BCUT2D eigenvalue weighted by Gasteiger charge is 2.09. The number of nitrogens with zero attached hydrogens (tertiary/aromatic N) is 1. The van der Waals surface area contributed by atoms with Crippen LogP contribution in [0.4, 0.5) is 5.69 Å². The predicted octanol–water partition coefficient (Wildman–Crippen LogP) is 3.31. The minimum Gasteiger partial charge on any atom is -0.493 e. The number of anilines is 1. The van der Waals surface area contributed by atoms with Crippen molar-refractivity contribution < 1.29 is 14.3 Å². The van der Waals surface area contributed by atoms with Crippen molar-refractivity contribution in [2.75, 3.05) is 25.3 Å². The third-order valence-corrected chi connectivity index (χ3v) is 4.25. The highest BCUT2D eigenvalue weighted by molar-refractivity contribution is 7.99. The van der Waals surface area contributed by atoms with Crippen molar-refractivity contribution >= 4 is 34.4 Å². The van der Waals surface area contributed by atoms with Crippen LogP contribution >= 0.6 is 11.8 Å². The van der Waals surface area contributed by atoms with E-state index in [0.29, 0.717) is 17.2 Å². The maximum Gasteiger partial charge on any atom is 0.234 e. The number of nitrogens with one attached hydrogen (secondary N) is 2. The molecule has 6 nitrogen and oxygen atoms in total. The van der Waals surface area contributed by atoms with Crippen LogP contribution in [0.15, 0.2) is 47.6 Å². The number of benzene rings is 2. The van der Waals surface area contributed by atoms with Crippen LogP contribution in [-0.2, 0) is 4.79 Å². The van der Waals surface area contributed by atoms with E-state index in [9.17, 15) is 4.79 Å². The summed E-state index contributed by atoms with van der Waals surface area (Å²) in [5, 5.41) is 3.56. The van der Waals surface area contributed by atoms with Crippen LogP contribution in [-0.4, -0.2) is 35.8 Å². The number of amides is 1. The molecular weight excluding hydrogens is 326 g/mol. The van der Waals surface area contributed by atoms with Gasteiger partial charge >= 0.3 is 0 Å². The molecule has 2 N–H and O–H groups in total. The summed E-state index contributed by atoms with van der Waals surface area (Å²) < 4.78 is 10.4. The molecule has 1 heterocycles. The molecule has 0 spiro atoms. The van der Waals surface area contributed by atoms with E-state index in [1.54, 1.807) is 32.4 Å². The lowest BCUT2D eigenvalue weighted by Crippen LogP contribution is -2.14. The lowest BCUT2D eigenvalue weighted by Gasteiger charge is -2.10. The van der Waals surface area contributed by atoms with Crippen LogP contribution < -0.4 is 14.8 Å². The predicted molar refractivity (Wildman–Crippen MR) is 95.0 cm³/mol. The van der Waals surface area contributed by atoms with Gasteiger partial charge in [0.15, 0.2) is 16.7 Å². The van der Waals surface area contributed by atoms with Crippen LogP contribution in [0.2, 0.25) is 0 Å². The Bertz CT molecular complexity index is 830. The number of carbonyl (C=O) groups excluding carboxylic acids is 1. The maximum absolute atomic E-state index is 12.1. The molecule has 0 fully saturated rings. The Hall–Kier alpha value is -2.67. The summed E-state index contributed by atoms with van der Waals surface area (Å²) in [7, 11) is 3.13. The number of hydrogen-bond donors (Lipinski definition) is 2. The minimum atomic E-state index is -0.118. The Labute approximate surface area is 143 Å². The van der Waals surface area contributed by atoms with E-state index < -0.39 is 0 Å². The number of H-pyrrole nitrogens is 1. The molecule has 124 valence electrons. The van der Waals surface area contributed by atoms with Gasteiger partial charge in [0.2, 0.25) is 5.91 Å². The Morgan fingerprint density at radius 2 is 1.96 bits per heavy atom. The molecule has 0 bridgehead atoms. The van der Waals surface area contributed by atoms with E-state index in [2.05, 4.69) is 15.3 Å². The zero-order valence-electron chi connectivity index (χ0n) is 13.3. The molecule has 3 aromatic rings. The Balaban J connectivity index is 1.61. The minimum absolute atomic E-state index is 0.118. The van der Waals surface area contributed by atoms with Crippen LogP contribution in [0.1, 0.15) is 0 Å². The van der Waals surface area contributed by atoms with Gasteiger partial charge in [-0.3, -0.25) is 4.79 Å². The van der Waals surface area contributed by atoms with Crippen LogP contribution in [0.5, 0.6) is 11.5 Å². The van der Waals surface area contributed by atoms with Gasteiger partial charge in [0.25, 0.3) is 0 Å². The molecule has 0 unspecified atom stereocenters. The molecule has 0 aliphatic carbocycles. The number of fused-ring (bicyclic) bond motifs is 1. The Kier molecular flexibility index (Phi) is 4.90. The smallest absolute Gasteiger partial charge is 0.234 e. The zero-order valence-corrected chi connectivity index (χ0v) is 14.1. The number of aromatic nitrogens is 2.